The molecule has 3 heteroatoms. The van der Waals surface area contributed by atoms with Gasteiger partial charge in [-0.05, 0) is 12.0 Å². The molecule has 1 fully saturated rings. The Morgan fingerprint density at radius 3 is 3.20 bits per heavy atom. The van der Waals surface area contributed by atoms with Gasteiger partial charge in [0.05, 0.1) is 18.2 Å². The molecule has 1 atom stereocenters. The van der Waals surface area contributed by atoms with Crippen LogP contribution in [0.15, 0.2) is 5.10 Å². The van der Waals surface area contributed by atoms with E-state index in [2.05, 4.69) is 17.3 Å². The summed E-state index contributed by atoms with van der Waals surface area (Å²) in [5.74, 6) is 0.602. The molecule has 0 radical (unpaired) electrons. The molecule has 3 nitrogen and oxygen atoms in total. The minimum atomic E-state index is 0.602. The van der Waals surface area contributed by atoms with Gasteiger partial charge >= 0.3 is 0 Å². The van der Waals surface area contributed by atoms with Crippen molar-refractivity contribution in [1.29, 1.82) is 0 Å². The first-order valence-electron chi connectivity index (χ1n) is 3.64. The third-order valence-electron chi connectivity index (χ3n) is 2.28. The normalized spacial score (nSPS) is 31.0. The zero-order valence-corrected chi connectivity index (χ0v) is 6.39. The molecule has 0 amide bonds. The summed E-state index contributed by atoms with van der Waals surface area (Å²) in [6.45, 7) is 4.19. The summed E-state index contributed by atoms with van der Waals surface area (Å²) in [5.41, 5.74) is 2.68. The van der Waals surface area contributed by atoms with E-state index >= 15 is 0 Å². The molecule has 0 aromatic carbocycles. The highest BCUT2D eigenvalue weighted by Gasteiger charge is 2.37. The van der Waals surface area contributed by atoms with Crippen LogP contribution in [0.3, 0.4) is 0 Å². The predicted molar refractivity (Wildman–Crippen MR) is 40.7 cm³/mol. The van der Waals surface area contributed by atoms with Crippen molar-refractivity contribution in [3.8, 4) is 0 Å². The van der Waals surface area contributed by atoms with E-state index in [1.165, 1.54) is 11.4 Å². The third kappa shape index (κ3) is 0.639. The maximum absolute atomic E-state index is 4.35. The van der Waals surface area contributed by atoms with E-state index in [0.717, 1.165) is 13.1 Å². The molecular weight excluding hydrogens is 126 g/mol. The largest absolute Gasteiger partial charge is 0.306 e. The van der Waals surface area contributed by atoms with Crippen LogP contribution in [-0.4, -0.2) is 36.2 Å². The molecule has 0 aromatic heterocycles. The SMILES string of the molecule is CC1=N[N+](C)=C2CNCC12. The molecule has 0 saturated carbocycles. The van der Waals surface area contributed by atoms with Gasteiger partial charge in [0.1, 0.15) is 0 Å². The number of nitrogens with one attached hydrogen (secondary N) is 1. The van der Waals surface area contributed by atoms with Crippen LogP contribution in [0.5, 0.6) is 0 Å². The summed E-state index contributed by atoms with van der Waals surface area (Å²) in [6, 6.07) is 0. The maximum Gasteiger partial charge on any atom is 0.208 e. The topological polar surface area (TPSA) is 27.4 Å². The van der Waals surface area contributed by atoms with Crippen molar-refractivity contribution >= 4 is 11.4 Å². The van der Waals surface area contributed by atoms with Crippen molar-refractivity contribution in [2.45, 2.75) is 6.92 Å². The van der Waals surface area contributed by atoms with Gasteiger partial charge < -0.3 is 5.32 Å². The van der Waals surface area contributed by atoms with Crippen molar-refractivity contribution < 1.29 is 4.68 Å². The zero-order chi connectivity index (χ0) is 7.14. The van der Waals surface area contributed by atoms with Crippen molar-refractivity contribution in [2.24, 2.45) is 11.0 Å². The van der Waals surface area contributed by atoms with E-state index in [1.54, 1.807) is 0 Å². The predicted octanol–water partition coefficient (Wildman–Crippen LogP) is -0.321. The van der Waals surface area contributed by atoms with Gasteiger partial charge in [-0.1, -0.05) is 4.68 Å². The van der Waals surface area contributed by atoms with Gasteiger partial charge in [-0.2, -0.15) is 0 Å². The van der Waals surface area contributed by atoms with Crippen molar-refractivity contribution in [1.82, 2.24) is 5.32 Å². The molecule has 0 spiro atoms. The summed E-state index contributed by atoms with van der Waals surface area (Å²) in [4.78, 5) is 0. The van der Waals surface area contributed by atoms with Crippen LogP contribution < -0.4 is 5.32 Å². The van der Waals surface area contributed by atoms with Gasteiger partial charge in [0.15, 0.2) is 7.05 Å². The molecule has 1 unspecified atom stereocenters. The van der Waals surface area contributed by atoms with Crippen LogP contribution in [0, 0.1) is 5.92 Å². The Hall–Kier alpha value is -0.700. The Morgan fingerprint density at radius 2 is 2.50 bits per heavy atom. The van der Waals surface area contributed by atoms with Crippen LogP contribution in [0.2, 0.25) is 0 Å². The number of hydrogen-bond acceptors (Lipinski definition) is 2. The van der Waals surface area contributed by atoms with Crippen LogP contribution in [-0.2, 0) is 0 Å². The number of fused-ring (bicyclic) bond motifs is 1. The molecule has 0 bridgehead atoms. The summed E-state index contributed by atoms with van der Waals surface area (Å²) in [7, 11) is 2.02. The summed E-state index contributed by atoms with van der Waals surface area (Å²) in [5, 5.41) is 7.67. The van der Waals surface area contributed by atoms with E-state index in [-0.39, 0.29) is 0 Å². The molecule has 0 aliphatic carbocycles. The first kappa shape index (κ1) is 6.04. The van der Waals surface area contributed by atoms with Crippen LogP contribution in [0.4, 0.5) is 0 Å². The average Bonchev–Trinajstić information content (AvgIpc) is 2.39. The van der Waals surface area contributed by atoms with E-state index in [4.69, 9.17) is 0 Å². The highest BCUT2D eigenvalue weighted by Crippen LogP contribution is 2.13. The molecule has 54 valence electrons. The first-order chi connectivity index (χ1) is 4.79. The lowest BCUT2D eigenvalue weighted by Crippen LogP contribution is -2.17. The quantitative estimate of drug-likeness (QED) is 0.456. The second-order valence-electron chi connectivity index (χ2n) is 2.94. The smallest absolute Gasteiger partial charge is 0.208 e. The fraction of sp³-hybridized carbons (Fsp3) is 0.714. The Balaban J connectivity index is 2.37. The molecule has 2 heterocycles. The first-order valence-corrected chi connectivity index (χ1v) is 3.64. The number of hydrogen-bond donors (Lipinski definition) is 1. The monoisotopic (exact) mass is 138 g/mol. The van der Waals surface area contributed by atoms with Crippen molar-refractivity contribution in [2.75, 3.05) is 20.1 Å². The third-order valence-corrected chi connectivity index (χ3v) is 2.28. The summed E-state index contributed by atoms with van der Waals surface area (Å²) < 4.78 is 2.00. The highest BCUT2D eigenvalue weighted by atomic mass is 15.4. The lowest BCUT2D eigenvalue weighted by Gasteiger charge is -1.93. The molecule has 1 N–H and O–H groups in total. The zero-order valence-electron chi connectivity index (χ0n) is 6.39. The minimum Gasteiger partial charge on any atom is -0.306 e. The molecular formula is C7H12N3+. The maximum atomic E-state index is 4.35. The van der Waals surface area contributed by atoms with Gasteiger partial charge in [-0.25, -0.2) is 0 Å². The molecule has 2 aliphatic rings. The second-order valence-corrected chi connectivity index (χ2v) is 2.94. The van der Waals surface area contributed by atoms with Crippen LogP contribution in [0.1, 0.15) is 6.92 Å². The average molecular weight is 138 g/mol. The second kappa shape index (κ2) is 1.89. The number of nitrogens with zero attached hydrogens (tertiary/aromatic N) is 2. The van der Waals surface area contributed by atoms with E-state index in [1.807, 2.05) is 11.7 Å². The van der Waals surface area contributed by atoms with E-state index in [9.17, 15) is 0 Å². The Morgan fingerprint density at radius 1 is 1.70 bits per heavy atom. The van der Waals surface area contributed by atoms with Gasteiger partial charge in [-0.3, -0.25) is 0 Å². The van der Waals surface area contributed by atoms with Gasteiger partial charge in [-0.15, -0.1) is 0 Å². The minimum absolute atomic E-state index is 0.602. The van der Waals surface area contributed by atoms with Gasteiger partial charge in [0, 0.05) is 6.54 Å². The molecule has 10 heavy (non-hydrogen) atoms. The summed E-state index contributed by atoms with van der Waals surface area (Å²) >= 11 is 0. The Kier molecular flexibility index (Phi) is 1.14. The lowest BCUT2D eigenvalue weighted by atomic mass is 10.0. The van der Waals surface area contributed by atoms with Crippen molar-refractivity contribution in [3.63, 3.8) is 0 Å². The standard InChI is InChI=1S/C7H12N3/c1-5-6-3-8-4-7(6)10(2)9-5/h6,8H,3-4H2,1-2H3/q+1. The van der Waals surface area contributed by atoms with Crippen molar-refractivity contribution in [3.05, 3.63) is 0 Å². The fourth-order valence-electron chi connectivity index (χ4n) is 1.68. The van der Waals surface area contributed by atoms with Crippen LogP contribution in [0.25, 0.3) is 0 Å². The lowest BCUT2D eigenvalue weighted by molar-refractivity contribution is -0.500. The molecule has 2 rings (SSSR count). The van der Waals surface area contributed by atoms with Gasteiger partial charge in [0.2, 0.25) is 5.71 Å². The Bertz CT molecular complexity index is 227. The molecule has 0 aromatic rings. The Labute approximate surface area is 60.4 Å². The number of rotatable bonds is 0. The van der Waals surface area contributed by atoms with E-state index < -0.39 is 0 Å². The molecule has 2 aliphatic heterocycles. The molecule has 1 saturated heterocycles. The van der Waals surface area contributed by atoms with Gasteiger partial charge in [0.25, 0.3) is 0 Å². The van der Waals surface area contributed by atoms with Crippen LogP contribution >= 0.6 is 0 Å². The highest BCUT2D eigenvalue weighted by molar-refractivity contribution is 6.08. The number of hydrazone groups is 1. The summed E-state index contributed by atoms with van der Waals surface area (Å²) in [6.07, 6.45) is 0. The van der Waals surface area contributed by atoms with E-state index in [0.29, 0.717) is 5.92 Å². The fourth-order valence-corrected chi connectivity index (χ4v) is 1.68.